The van der Waals surface area contributed by atoms with Gasteiger partial charge in [0, 0.05) is 12.5 Å². The van der Waals surface area contributed by atoms with Crippen molar-refractivity contribution >= 4 is 11.6 Å². The van der Waals surface area contributed by atoms with E-state index in [9.17, 15) is 14.9 Å². The van der Waals surface area contributed by atoms with Crippen LogP contribution in [0.3, 0.4) is 0 Å². The quantitative estimate of drug-likeness (QED) is 0.496. The predicted octanol–water partition coefficient (Wildman–Crippen LogP) is 1.86. The van der Waals surface area contributed by atoms with Crippen molar-refractivity contribution in [3.63, 3.8) is 0 Å². The number of hydrogen-bond donors (Lipinski definition) is 1. The lowest BCUT2D eigenvalue weighted by Gasteiger charge is -1.97. The highest BCUT2D eigenvalue weighted by Gasteiger charge is 2.25. The van der Waals surface area contributed by atoms with Gasteiger partial charge < -0.3 is 10.1 Å². The van der Waals surface area contributed by atoms with E-state index in [1.165, 1.54) is 0 Å². The Kier molecular flexibility index (Phi) is 2.70. The molecule has 1 N–H and O–H groups in total. The molecule has 1 heterocycles. The number of nitrogens with zero attached hydrogens (tertiary/aromatic N) is 2. The summed E-state index contributed by atoms with van der Waals surface area (Å²) in [5.41, 5.74) is 0.223. The fourth-order valence-corrected chi connectivity index (χ4v) is 1.50. The van der Waals surface area contributed by atoms with Crippen molar-refractivity contribution in [3.8, 4) is 0 Å². The van der Waals surface area contributed by atoms with Crippen molar-refractivity contribution in [2.75, 3.05) is 0 Å². The number of nitrogens with one attached hydrogen (secondary N) is 1. The van der Waals surface area contributed by atoms with Crippen LogP contribution in [0, 0.1) is 17.0 Å². The molecule has 1 aromatic carbocycles. The number of aromatic nitrogens is 2. The molecule has 0 saturated carbocycles. The number of nitro groups is 1. The van der Waals surface area contributed by atoms with Crippen molar-refractivity contribution in [2.45, 2.75) is 6.92 Å². The van der Waals surface area contributed by atoms with Gasteiger partial charge in [0.1, 0.15) is 0 Å². The number of H-pyrrole nitrogens is 1. The minimum Gasteiger partial charge on any atom is -0.358 e. The zero-order valence-electron chi connectivity index (χ0n) is 9.01. The van der Waals surface area contributed by atoms with Gasteiger partial charge in [0.05, 0.1) is 0 Å². The number of benzene rings is 1. The molecule has 6 nitrogen and oxygen atoms in total. The van der Waals surface area contributed by atoms with Crippen molar-refractivity contribution in [1.82, 2.24) is 9.97 Å². The first-order valence-electron chi connectivity index (χ1n) is 4.90. The van der Waals surface area contributed by atoms with Gasteiger partial charge in [-0.15, -0.1) is 0 Å². The molecule has 0 amide bonds. The second-order valence-corrected chi connectivity index (χ2v) is 3.47. The first-order valence-corrected chi connectivity index (χ1v) is 4.90. The number of aromatic amines is 1. The van der Waals surface area contributed by atoms with E-state index in [0.717, 1.165) is 0 Å². The molecule has 6 heteroatoms. The lowest BCUT2D eigenvalue weighted by Crippen LogP contribution is -2.05. The Bertz CT molecular complexity index is 575. The average molecular weight is 231 g/mol. The van der Waals surface area contributed by atoms with Gasteiger partial charge in [0.25, 0.3) is 0 Å². The first-order chi connectivity index (χ1) is 8.09. The highest BCUT2D eigenvalue weighted by atomic mass is 16.6. The van der Waals surface area contributed by atoms with Crippen LogP contribution in [-0.2, 0) is 0 Å². The predicted molar refractivity (Wildman–Crippen MR) is 59.9 cm³/mol. The Hall–Kier alpha value is -2.50. The largest absolute Gasteiger partial charge is 0.358 e. The van der Waals surface area contributed by atoms with Gasteiger partial charge in [0.15, 0.2) is 5.82 Å². The summed E-state index contributed by atoms with van der Waals surface area (Å²) in [5, 5.41) is 10.8. The van der Waals surface area contributed by atoms with Crippen LogP contribution in [0.5, 0.6) is 0 Å². The topological polar surface area (TPSA) is 88.9 Å². The Morgan fingerprint density at radius 1 is 1.35 bits per heavy atom. The summed E-state index contributed by atoms with van der Waals surface area (Å²) >= 11 is 0. The fraction of sp³-hybridized carbons (Fsp3) is 0.0909. The second kappa shape index (κ2) is 4.17. The van der Waals surface area contributed by atoms with Crippen LogP contribution >= 0.6 is 0 Å². The number of rotatable bonds is 3. The van der Waals surface area contributed by atoms with Crippen LogP contribution in [0.25, 0.3) is 0 Å². The molecule has 0 fully saturated rings. The summed E-state index contributed by atoms with van der Waals surface area (Å²) < 4.78 is 0. The molecule has 0 atom stereocenters. The zero-order chi connectivity index (χ0) is 12.4. The van der Waals surface area contributed by atoms with E-state index in [1.54, 1.807) is 37.3 Å². The number of ketones is 1. The van der Waals surface area contributed by atoms with Crippen molar-refractivity contribution in [1.29, 1.82) is 0 Å². The number of aryl methyl sites for hydroxylation is 1. The molecule has 1 aromatic heterocycles. The van der Waals surface area contributed by atoms with Crippen molar-refractivity contribution in [2.24, 2.45) is 0 Å². The monoisotopic (exact) mass is 231 g/mol. The van der Waals surface area contributed by atoms with Crippen LogP contribution < -0.4 is 0 Å². The van der Waals surface area contributed by atoms with Crippen LogP contribution in [0.1, 0.15) is 21.9 Å². The lowest BCUT2D eigenvalue weighted by atomic mass is 10.1. The summed E-state index contributed by atoms with van der Waals surface area (Å²) in [6, 6.07) is 8.34. The molecule has 0 radical (unpaired) electrons. The first kappa shape index (κ1) is 11.0. The Labute approximate surface area is 96.5 Å². The third kappa shape index (κ3) is 2.05. The highest BCUT2D eigenvalue weighted by Crippen LogP contribution is 2.18. The molecule has 0 unspecified atom stereocenters. The van der Waals surface area contributed by atoms with E-state index < -0.39 is 10.7 Å². The molecule has 2 aromatic rings. The van der Waals surface area contributed by atoms with Crippen molar-refractivity contribution < 1.29 is 9.72 Å². The number of carbonyl (C=O) groups is 1. The van der Waals surface area contributed by atoms with Crippen LogP contribution in [0.15, 0.2) is 30.3 Å². The molecule has 0 spiro atoms. The van der Waals surface area contributed by atoms with Gasteiger partial charge in [-0.25, -0.2) is 9.97 Å². The SMILES string of the molecule is Cc1nc(C(=O)c2ccccc2)c([N+](=O)[O-])[nH]1. The zero-order valence-corrected chi connectivity index (χ0v) is 9.01. The summed E-state index contributed by atoms with van der Waals surface area (Å²) in [6.07, 6.45) is 0. The third-order valence-corrected chi connectivity index (χ3v) is 2.24. The Morgan fingerprint density at radius 2 is 2.00 bits per heavy atom. The van der Waals surface area contributed by atoms with E-state index in [4.69, 9.17) is 0 Å². The number of imidazole rings is 1. The minimum atomic E-state index is -0.643. The lowest BCUT2D eigenvalue weighted by molar-refractivity contribution is -0.389. The smallest absolute Gasteiger partial charge is 0.352 e. The molecule has 2 rings (SSSR count). The molecular formula is C11H9N3O3. The highest BCUT2D eigenvalue weighted by molar-refractivity contribution is 6.09. The number of hydrogen-bond acceptors (Lipinski definition) is 4. The van der Waals surface area contributed by atoms with Crippen LogP contribution in [0.4, 0.5) is 5.82 Å². The maximum atomic E-state index is 12.0. The Morgan fingerprint density at radius 3 is 2.59 bits per heavy atom. The van der Waals surface area contributed by atoms with Crippen molar-refractivity contribution in [3.05, 3.63) is 57.5 Å². The normalized spacial score (nSPS) is 10.2. The Balaban J connectivity index is 2.48. The molecule has 0 saturated heterocycles. The van der Waals surface area contributed by atoms with E-state index in [2.05, 4.69) is 9.97 Å². The summed E-state index contributed by atoms with van der Waals surface area (Å²) in [7, 11) is 0. The average Bonchev–Trinajstić information content (AvgIpc) is 2.72. The van der Waals surface area contributed by atoms with Gasteiger partial charge in [-0.05, 0) is 4.92 Å². The van der Waals surface area contributed by atoms with Gasteiger partial charge >= 0.3 is 5.82 Å². The van der Waals surface area contributed by atoms with E-state index in [-0.39, 0.29) is 11.5 Å². The molecule has 0 aliphatic heterocycles. The second-order valence-electron chi connectivity index (χ2n) is 3.47. The van der Waals surface area contributed by atoms with Gasteiger partial charge in [-0.2, -0.15) is 0 Å². The molecule has 0 bridgehead atoms. The number of carbonyl (C=O) groups excluding carboxylic acids is 1. The van der Waals surface area contributed by atoms with Crippen LogP contribution in [-0.4, -0.2) is 20.7 Å². The van der Waals surface area contributed by atoms with E-state index in [0.29, 0.717) is 11.4 Å². The van der Waals surface area contributed by atoms with Crippen LogP contribution in [0.2, 0.25) is 0 Å². The molecule has 86 valence electrons. The van der Waals surface area contributed by atoms with Gasteiger partial charge in [0.2, 0.25) is 11.5 Å². The fourth-order valence-electron chi connectivity index (χ4n) is 1.50. The van der Waals surface area contributed by atoms with Gasteiger partial charge in [-0.3, -0.25) is 4.79 Å². The summed E-state index contributed by atoms with van der Waals surface area (Å²) in [6.45, 7) is 1.56. The maximum Gasteiger partial charge on any atom is 0.352 e. The summed E-state index contributed by atoms with van der Waals surface area (Å²) in [4.78, 5) is 28.4. The molecular weight excluding hydrogens is 222 g/mol. The molecule has 0 aliphatic carbocycles. The molecule has 0 aliphatic rings. The minimum absolute atomic E-state index is 0.154. The standard InChI is InChI=1S/C11H9N3O3/c1-7-12-9(11(13-7)14(16)17)10(15)8-5-3-2-4-6-8/h2-6H,1H3,(H,12,13). The van der Waals surface area contributed by atoms with E-state index in [1.807, 2.05) is 0 Å². The van der Waals surface area contributed by atoms with E-state index >= 15 is 0 Å². The third-order valence-electron chi connectivity index (χ3n) is 2.24. The maximum absolute atomic E-state index is 12.0. The summed E-state index contributed by atoms with van der Waals surface area (Å²) in [5.74, 6) is -0.478. The molecule has 17 heavy (non-hydrogen) atoms. The van der Waals surface area contributed by atoms with Gasteiger partial charge in [-0.1, -0.05) is 30.3 Å².